The molecule has 0 aliphatic heterocycles. The van der Waals surface area contributed by atoms with Crippen LogP contribution in [-0.4, -0.2) is 25.0 Å². The number of nitrogens with one attached hydrogen (secondary N) is 2. The van der Waals surface area contributed by atoms with E-state index in [1.54, 1.807) is 0 Å². The molecule has 0 saturated heterocycles. The molecule has 2 N–H and O–H groups in total. The molecule has 3 nitrogen and oxygen atoms in total. The van der Waals surface area contributed by atoms with E-state index in [0.717, 1.165) is 19.3 Å². The van der Waals surface area contributed by atoms with Gasteiger partial charge in [0.25, 0.3) is 0 Å². The number of hydrogen-bond acceptors (Lipinski definition) is 2. The number of carbonyl (C=O) groups excluding carboxylic acids is 1. The predicted octanol–water partition coefficient (Wildman–Crippen LogP) is 2.85. The fourth-order valence-corrected chi connectivity index (χ4v) is 3.81. The maximum absolute atomic E-state index is 12.5. The molecule has 19 heavy (non-hydrogen) atoms. The van der Waals surface area contributed by atoms with E-state index in [2.05, 4.69) is 24.5 Å². The Kier molecular flexibility index (Phi) is 4.88. The molecule has 0 bridgehead atoms. The van der Waals surface area contributed by atoms with Gasteiger partial charge in [0.15, 0.2) is 0 Å². The van der Waals surface area contributed by atoms with Crippen LogP contribution in [0.15, 0.2) is 0 Å². The van der Waals surface area contributed by atoms with Gasteiger partial charge in [-0.3, -0.25) is 4.79 Å². The summed E-state index contributed by atoms with van der Waals surface area (Å²) in [7, 11) is 2.04. The molecule has 2 saturated carbocycles. The average Bonchev–Trinajstić information content (AvgIpc) is 2.39. The zero-order chi connectivity index (χ0) is 13.9. The summed E-state index contributed by atoms with van der Waals surface area (Å²) in [5, 5.41) is 6.66. The minimum Gasteiger partial charge on any atom is -0.353 e. The van der Waals surface area contributed by atoms with E-state index >= 15 is 0 Å². The van der Waals surface area contributed by atoms with Crippen LogP contribution < -0.4 is 10.6 Å². The first-order valence-electron chi connectivity index (χ1n) is 8.00. The summed E-state index contributed by atoms with van der Waals surface area (Å²) < 4.78 is 0. The van der Waals surface area contributed by atoms with Gasteiger partial charge in [0.1, 0.15) is 0 Å². The normalized spacial score (nSPS) is 34.8. The highest BCUT2D eigenvalue weighted by Crippen LogP contribution is 2.40. The molecular weight excluding hydrogens is 236 g/mol. The molecule has 110 valence electrons. The van der Waals surface area contributed by atoms with Crippen LogP contribution in [0.5, 0.6) is 0 Å². The van der Waals surface area contributed by atoms with Gasteiger partial charge in [0.05, 0.1) is 0 Å². The minimum absolute atomic E-state index is 0.185. The van der Waals surface area contributed by atoms with Crippen LogP contribution in [0.25, 0.3) is 0 Å². The Bertz CT molecular complexity index is 306. The topological polar surface area (TPSA) is 41.1 Å². The maximum atomic E-state index is 12.5. The molecule has 2 aliphatic rings. The lowest BCUT2D eigenvalue weighted by Crippen LogP contribution is -2.47. The van der Waals surface area contributed by atoms with E-state index in [1.165, 1.54) is 32.1 Å². The second kappa shape index (κ2) is 6.25. The van der Waals surface area contributed by atoms with Gasteiger partial charge in [0, 0.05) is 18.0 Å². The molecule has 0 aromatic heterocycles. The van der Waals surface area contributed by atoms with Gasteiger partial charge in [-0.05, 0) is 51.0 Å². The van der Waals surface area contributed by atoms with Crippen molar-refractivity contribution in [2.75, 3.05) is 7.05 Å². The molecule has 3 heteroatoms. The zero-order valence-corrected chi connectivity index (χ0v) is 12.8. The minimum atomic E-state index is 0.185. The average molecular weight is 266 g/mol. The van der Waals surface area contributed by atoms with Crippen molar-refractivity contribution in [1.82, 2.24) is 10.6 Å². The van der Waals surface area contributed by atoms with Crippen molar-refractivity contribution in [3.05, 3.63) is 0 Å². The Morgan fingerprint density at radius 1 is 1.00 bits per heavy atom. The van der Waals surface area contributed by atoms with Crippen LogP contribution in [-0.2, 0) is 4.79 Å². The standard InChI is InChI=1S/C16H30N2O/c1-16(2)11-5-4-6-14(16)15(19)18-13-9-7-12(17-3)8-10-13/h12-14,17H,4-11H2,1-3H3,(H,18,19). The van der Waals surface area contributed by atoms with Crippen molar-refractivity contribution in [2.45, 2.75) is 77.3 Å². The van der Waals surface area contributed by atoms with Gasteiger partial charge in [0.2, 0.25) is 5.91 Å². The van der Waals surface area contributed by atoms with E-state index in [1.807, 2.05) is 7.05 Å². The van der Waals surface area contributed by atoms with Gasteiger partial charge in [-0.1, -0.05) is 26.7 Å². The second-order valence-electron chi connectivity index (χ2n) is 7.13. The fraction of sp³-hybridized carbons (Fsp3) is 0.938. The van der Waals surface area contributed by atoms with Crippen molar-refractivity contribution in [3.8, 4) is 0 Å². The largest absolute Gasteiger partial charge is 0.353 e. The smallest absolute Gasteiger partial charge is 0.223 e. The Morgan fingerprint density at radius 3 is 2.21 bits per heavy atom. The van der Waals surface area contributed by atoms with E-state index in [4.69, 9.17) is 0 Å². The molecule has 2 aliphatic carbocycles. The second-order valence-corrected chi connectivity index (χ2v) is 7.13. The number of hydrogen-bond donors (Lipinski definition) is 2. The SMILES string of the molecule is CNC1CCC(NC(=O)C2CCCCC2(C)C)CC1. The van der Waals surface area contributed by atoms with E-state index in [-0.39, 0.29) is 11.3 Å². The van der Waals surface area contributed by atoms with Crippen LogP contribution in [0.2, 0.25) is 0 Å². The van der Waals surface area contributed by atoms with Crippen LogP contribution >= 0.6 is 0 Å². The van der Waals surface area contributed by atoms with Gasteiger partial charge >= 0.3 is 0 Å². The van der Waals surface area contributed by atoms with Crippen molar-refractivity contribution in [3.63, 3.8) is 0 Å². The Labute approximate surface area is 117 Å². The summed E-state index contributed by atoms with van der Waals surface area (Å²) in [4.78, 5) is 12.5. The fourth-order valence-electron chi connectivity index (χ4n) is 3.81. The molecule has 2 rings (SSSR count). The molecule has 0 spiro atoms. The lowest BCUT2D eigenvalue weighted by Gasteiger charge is -2.39. The summed E-state index contributed by atoms with van der Waals surface area (Å²) in [5.74, 6) is 0.542. The lowest BCUT2D eigenvalue weighted by atomic mass is 9.68. The van der Waals surface area contributed by atoms with Crippen LogP contribution in [0, 0.1) is 11.3 Å². The highest BCUT2D eigenvalue weighted by Gasteiger charge is 2.37. The number of rotatable bonds is 3. The lowest BCUT2D eigenvalue weighted by molar-refractivity contribution is -0.131. The first kappa shape index (κ1) is 14.8. The van der Waals surface area contributed by atoms with Gasteiger partial charge in [-0.25, -0.2) is 0 Å². The highest BCUT2D eigenvalue weighted by atomic mass is 16.2. The first-order chi connectivity index (χ1) is 9.03. The highest BCUT2D eigenvalue weighted by molar-refractivity contribution is 5.79. The molecular formula is C16H30N2O. The van der Waals surface area contributed by atoms with Crippen LogP contribution in [0.1, 0.15) is 65.2 Å². The van der Waals surface area contributed by atoms with Crippen molar-refractivity contribution in [1.29, 1.82) is 0 Å². The quantitative estimate of drug-likeness (QED) is 0.824. The summed E-state index contributed by atoms with van der Waals surface area (Å²) in [5.41, 5.74) is 0.185. The summed E-state index contributed by atoms with van der Waals surface area (Å²) in [6.45, 7) is 4.52. The van der Waals surface area contributed by atoms with Crippen molar-refractivity contribution in [2.24, 2.45) is 11.3 Å². The zero-order valence-electron chi connectivity index (χ0n) is 12.8. The van der Waals surface area contributed by atoms with Gasteiger partial charge in [-0.2, -0.15) is 0 Å². The van der Waals surface area contributed by atoms with Crippen molar-refractivity contribution >= 4 is 5.91 Å². The van der Waals surface area contributed by atoms with Crippen LogP contribution in [0.4, 0.5) is 0 Å². The molecule has 0 heterocycles. The van der Waals surface area contributed by atoms with Crippen LogP contribution in [0.3, 0.4) is 0 Å². The molecule has 1 amide bonds. The molecule has 0 radical (unpaired) electrons. The summed E-state index contributed by atoms with van der Waals surface area (Å²) >= 11 is 0. The molecule has 2 fully saturated rings. The van der Waals surface area contributed by atoms with E-state index < -0.39 is 0 Å². The predicted molar refractivity (Wildman–Crippen MR) is 79.0 cm³/mol. The maximum Gasteiger partial charge on any atom is 0.223 e. The Morgan fingerprint density at radius 2 is 1.63 bits per heavy atom. The molecule has 0 aromatic carbocycles. The van der Waals surface area contributed by atoms with Gasteiger partial charge < -0.3 is 10.6 Å². The van der Waals surface area contributed by atoms with Gasteiger partial charge in [-0.15, -0.1) is 0 Å². The third kappa shape index (κ3) is 3.71. The van der Waals surface area contributed by atoms with Crippen molar-refractivity contribution < 1.29 is 4.79 Å². The number of carbonyl (C=O) groups is 1. The summed E-state index contributed by atoms with van der Waals surface area (Å²) in [6.07, 6.45) is 9.40. The summed E-state index contributed by atoms with van der Waals surface area (Å²) in [6, 6.07) is 1.06. The van der Waals surface area contributed by atoms with E-state index in [9.17, 15) is 4.79 Å². The third-order valence-electron chi connectivity index (χ3n) is 5.31. The first-order valence-corrected chi connectivity index (χ1v) is 8.00. The molecule has 1 unspecified atom stereocenters. The molecule has 0 aromatic rings. The molecule has 1 atom stereocenters. The monoisotopic (exact) mass is 266 g/mol. The third-order valence-corrected chi connectivity index (χ3v) is 5.31. The Balaban J connectivity index is 1.84. The number of amides is 1. The van der Waals surface area contributed by atoms with E-state index in [0.29, 0.717) is 18.0 Å². The Hall–Kier alpha value is -0.570.